The molecule has 1 nitrogen and oxygen atoms in total. The molecule has 0 aromatic rings. The minimum atomic E-state index is 0.182. The summed E-state index contributed by atoms with van der Waals surface area (Å²) in [6, 6.07) is 0. The van der Waals surface area contributed by atoms with E-state index in [0.29, 0.717) is 5.78 Å². The molecule has 0 aromatic heterocycles. The zero-order valence-electron chi connectivity index (χ0n) is 16.2. The van der Waals surface area contributed by atoms with Crippen molar-refractivity contribution in [3.63, 3.8) is 0 Å². The van der Waals surface area contributed by atoms with E-state index in [2.05, 4.69) is 55.5 Å². The molecule has 0 heterocycles. The molecular weight excluding hydrogens is 292 g/mol. The predicted molar refractivity (Wildman–Crippen MR) is 108 cm³/mol. The Morgan fingerprint density at radius 1 is 0.708 bits per heavy atom. The van der Waals surface area contributed by atoms with E-state index in [0.717, 1.165) is 38.5 Å². The molecule has 136 valence electrons. The Labute approximate surface area is 150 Å². The standard InChI is InChI=1S/C23H38O/c1-4-5-6-7-8-9-10-11-12-13-14-15-16-17-18-19-20-21-23(24)22(2)3/h8-9,11-12,14-15,17-18,22H,4-7,10,13,16,19-21H2,1-3H3/b9-8-,12-11-,15-14-,18-17-. The fourth-order valence-electron chi connectivity index (χ4n) is 2.24. The molecule has 0 amide bonds. The Morgan fingerprint density at radius 2 is 1.17 bits per heavy atom. The van der Waals surface area contributed by atoms with Crippen molar-refractivity contribution in [1.82, 2.24) is 0 Å². The van der Waals surface area contributed by atoms with Crippen LogP contribution in [0.2, 0.25) is 0 Å². The average Bonchev–Trinajstić information content (AvgIpc) is 2.57. The molecule has 0 spiro atoms. The Kier molecular flexibility index (Phi) is 16.9. The van der Waals surface area contributed by atoms with Crippen molar-refractivity contribution in [3.8, 4) is 0 Å². The number of carbonyl (C=O) groups is 1. The zero-order valence-corrected chi connectivity index (χ0v) is 16.2. The molecule has 0 fully saturated rings. The first-order chi connectivity index (χ1) is 11.7. The van der Waals surface area contributed by atoms with E-state index in [4.69, 9.17) is 0 Å². The molecule has 0 aliphatic heterocycles. The molecule has 0 radical (unpaired) electrons. The van der Waals surface area contributed by atoms with Crippen molar-refractivity contribution < 1.29 is 4.79 Å². The Balaban J connectivity index is 3.47. The second-order valence-electron chi connectivity index (χ2n) is 6.60. The highest BCUT2D eigenvalue weighted by molar-refractivity contribution is 5.80. The fraction of sp³-hybridized carbons (Fsp3) is 0.609. The highest BCUT2D eigenvalue weighted by Gasteiger charge is 2.04. The van der Waals surface area contributed by atoms with Gasteiger partial charge in [0, 0.05) is 12.3 Å². The normalized spacial score (nSPS) is 12.7. The molecule has 0 aromatic carbocycles. The Hall–Kier alpha value is -1.37. The number of ketones is 1. The molecule has 0 saturated heterocycles. The zero-order chi connectivity index (χ0) is 17.9. The molecule has 0 bridgehead atoms. The second-order valence-corrected chi connectivity index (χ2v) is 6.60. The van der Waals surface area contributed by atoms with Gasteiger partial charge >= 0.3 is 0 Å². The molecule has 0 aliphatic carbocycles. The summed E-state index contributed by atoms with van der Waals surface area (Å²) in [6.07, 6.45) is 28.8. The van der Waals surface area contributed by atoms with Crippen LogP contribution in [-0.2, 0) is 4.79 Å². The van der Waals surface area contributed by atoms with Gasteiger partial charge in [-0.1, -0.05) is 82.2 Å². The smallest absolute Gasteiger partial charge is 0.135 e. The number of Topliss-reactive ketones (excluding diaryl/α,β-unsaturated/α-hetero) is 1. The van der Waals surface area contributed by atoms with E-state index < -0.39 is 0 Å². The number of hydrogen-bond acceptors (Lipinski definition) is 1. The van der Waals surface area contributed by atoms with Gasteiger partial charge in [0.2, 0.25) is 0 Å². The summed E-state index contributed by atoms with van der Waals surface area (Å²) in [4.78, 5) is 11.5. The number of hydrogen-bond donors (Lipinski definition) is 0. The lowest BCUT2D eigenvalue weighted by molar-refractivity contribution is -0.121. The van der Waals surface area contributed by atoms with E-state index >= 15 is 0 Å². The van der Waals surface area contributed by atoms with Gasteiger partial charge < -0.3 is 0 Å². The van der Waals surface area contributed by atoms with Crippen molar-refractivity contribution in [3.05, 3.63) is 48.6 Å². The van der Waals surface area contributed by atoms with Gasteiger partial charge in [0.15, 0.2) is 0 Å². The summed E-state index contributed by atoms with van der Waals surface area (Å²) in [5, 5.41) is 0. The summed E-state index contributed by atoms with van der Waals surface area (Å²) >= 11 is 0. The third kappa shape index (κ3) is 17.0. The van der Waals surface area contributed by atoms with Gasteiger partial charge in [0.05, 0.1) is 0 Å². The van der Waals surface area contributed by atoms with Crippen molar-refractivity contribution >= 4 is 5.78 Å². The van der Waals surface area contributed by atoms with Crippen LogP contribution in [0, 0.1) is 5.92 Å². The van der Waals surface area contributed by atoms with Crippen molar-refractivity contribution in [2.45, 2.75) is 85.0 Å². The maximum absolute atomic E-state index is 11.5. The summed E-state index contributed by atoms with van der Waals surface area (Å²) < 4.78 is 0. The maximum atomic E-state index is 11.5. The van der Waals surface area contributed by atoms with Gasteiger partial charge in [-0.2, -0.15) is 0 Å². The lowest BCUT2D eigenvalue weighted by Gasteiger charge is -2.01. The highest BCUT2D eigenvalue weighted by Crippen LogP contribution is 2.05. The van der Waals surface area contributed by atoms with Crippen LogP contribution in [0.3, 0.4) is 0 Å². The summed E-state index contributed by atoms with van der Waals surface area (Å²) in [5.74, 6) is 0.562. The molecule has 0 atom stereocenters. The second kappa shape index (κ2) is 18.0. The third-order valence-electron chi connectivity index (χ3n) is 3.90. The number of allylic oxidation sites excluding steroid dienone is 8. The Morgan fingerprint density at radius 3 is 1.62 bits per heavy atom. The molecule has 0 saturated carbocycles. The van der Waals surface area contributed by atoms with Gasteiger partial charge in [-0.05, 0) is 44.9 Å². The summed E-state index contributed by atoms with van der Waals surface area (Å²) in [5.41, 5.74) is 0. The molecule has 1 heteroatoms. The summed E-state index contributed by atoms with van der Waals surface area (Å²) in [7, 11) is 0. The lowest BCUT2D eigenvalue weighted by atomic mass is 10.0. The van der Waals surface area contributed by atoms with Crippen LogP contribution in [0.15, 0.2) is 48.6 Å². The lowest BCUT2D eigenvalue weighted by Crippen LogP contribution is -2.05. The summed E-state index contributed by atoms with van der Waals surface area (Å²) in [6.45, 7) is 6.19. The predicted octanol–water partition coefficient (Wildman–Crippen LogP) is 7.36. The third-order valence-corrected chi connectivity index (χ3v) is 3.90. The van der Waals surface area contributed by atoms with Gasteiger partial charge in [0.1, 0.15) is 5.78 Å². The van der Waals surface area contributed by atoms with Crippen LogP contribution in [0.25, 0.3) is 0 Å². The molecule has 0 rings (SSSR count). The van der Waals surface area contributed by atoms with E-state index in [1.807, 2.05) is 13.8 Å². The molecule has 0 unspecified atom stereocenters. The van der Waals surface area contributed by atoms with Crippen molar-refractivity contribution in [1.29, 1.82) is 0 Å². The highest BCUT2D eigenvalue weighted by atomic mass is 16.1. The molecule has 24 heavy (non-hydrogen) atoms. The number of carbonyl (C=O) groups excluding carboxylic acids is 1. The number of rotatable bonds is 15. The van der Waals surface area contributed by atoms with Gasteiger partial charge in [0.25, 0.3) is 0 Å². The average molecular weight is 331 g/mol. The van der Waals surface area contributed by atoms with Crippen LogP contribution in [0.5, 0.6) is 0 Å². The van der Waals surface area contributed by atoms with Crippen LogP contribution >= 0.6 is 0 Å². The molecule has 0 aliphatic rings. The van der Waals surface area contributed by atoms with Crippen molar-refractivity contribution in [2.75, 3.05) is 0 Å². The fourth-order valence-corrected chi connectivity index (χ4v) is 2.24. The van der Waals surface area contributed by atoms with E-state index in [9.17, 15) is 4.79 Å². The first-order valence-corrected chi connectivity index (χ1v) is 9.81. The monoisotopic (exact) mass is 330 g/mol. The van der Waals surface area contributed by atoms with Gasteiger partial charge in [-0.25, -0.2) is 0 Å². The largest absolute Gasteiger partial charge is 0.299 e. The van der Waals surface area contributed by atoms with Gasteiger partial charge in [-0.3, -0.25) is 4.79 Å². The molecule has 0 N–H and O–H groups in total. The van der Waals surface area contributed by atoms with E-state index in [1.165, 1.54) is 25.7 Å². The van der Waals surface area contributed by atoms with E-state index in [1.54, 1.807) is 0 Å². The minimum Gasteiger partial charge on any atom is -0.299 e. The quantitative estimate of drug-likeness (QED) is 0.226. The first kappa shape index (κ1) is 22.6. The number of unbranched alkanes of at least 4 members (excludes halogenated alkanes) is 4. The van der Waals surface area contributed by atoms with Crippen LogP contribution < -0.4 is 0 Å². The van der Waals surface area contributed by atoms with Crippen LogP contribution in [-0.4, -0.2) is 5.78 Å². The van der Waals surface area contributed by atoms with E-state index in [-0.39, 0.29) is 5.92 Å². The maximum Gasteiger partial charge on any atom is 0.135 e. The van der Waals surface area contributed by atoms with Crippen molar-refractivity contribution in [2.24, 2.45) is 5.92 Å². The van der Waals surface area contributed by atoms with Crippen LogP contribution in [0.4, 0.5) is 0 Å². The van der Waals surface area contributed by atoms with Crippen LogP contribution in [0.1, 0.15) is 85.0 Å². The van der Waals surface area contributed by atoms with Gasteiger partial charge in [-0.15, -0.1) is 0 Å². The SMILES string of the molecule is CCCCC/C=C\C/C=C\C/C=C\C/C=C\CCCC(=O)C(C)C. The first-order valence-electron chi connectivity index (χ1n) is 9.81. The minimum absolute atomic E-state index is 0.182. The topological polar surface area (TPSA) is 17.1 Å². The Bertz CT molecular complexity index is 396. The molecular formula is C23H38O.